The predicted molar refractivity (Wildman–Crippen MR) is 72.4 cm³/mol. The van der Waals surface area contributed by atoms with Crippen molar-refractivity contribution in [1.29, 1.82) is 0 Å². The number of hydrogen-bond donors (Lipinski definition) is 2. The van der Waals surface area contributed by atoms with Crippen LogP contribution in [0.4, 0.5) is 0 Å². The zero-order valence-corrected chi connectivity index (χ0v) is 11.0. The highest BCUT2D eigenvalue weighted by molar-refractivity contribution is 5.80. The van der Waals surface area contributed by atoms with E-state index in [2.05, 4.69) is 34.7 Å². The van der Waals surface area contributed by atoms with E-state index in [1.165, 1.54) is 6.42 Å². The molecule has 17 heavy (non-hydrogen) atoms. The van der Waals surface area contributed by atoms with Crippen molar-refractivity contribution in [3.8, 4) is 0 Å². The van der Waals surface area contributed by atoms with Crippen molar-refractivity contribution in [2.24, 2.45) is 4.99 Å². The number of hydrogen-bond acceptors (Lipinski definition) is 2. The van der Waals surface area contributed by atoms with Crippen molar-refractivity contribution in [2.45, 2.75) is 38.6 Å². The first-order valence-electron chi connectivity index (χ1n) is 6.56. The van der Waals surface area contributed by atoms with Gasteiger partial charge in [0.05, 0.1) is 6.61 Å². The van der Waals surface area contributed by atoms with Gasteiger partial charge in [-0.15, -0.1) is 0 Å². The van der Waals surface area contributed by atoms with Gasteiger partial charge in [0.15, 0.2) is 5.96 Å². The lowest BCUT2D eigenvalue weighted by molar-refractivity contribution is 0.136. The van der Waals surface area contributed by atoms with E-state index in [1.807, 2.05) is 0 Å². The molecular formula is C13H25N3O. The number of rotatable bonds is 7. The van der Waals surface area contributed by atoms with Crippen molar-refractivity contribution in [3.63, 3.8) is 0 Å². The molecule has 4 heteroatoms. The first kappa shape index (κ1) is 14.0. The highest BCUT2D eigenvalue weighted by Crippen LogP contribution is 2.08. The molecule has 4 nitrogen and oxygen atoms in total. The van der Waals surface area contributed by atoms with E-state index in [0.29, 0.717) is 6.04 Å². The maximum Gasteiger partial charge on any atom is 0.191 e. The average Bonchev–Trinajstić information content (AvgIpc) is 2.85. The van der Waals surface area contributed by atoms with E-state index in [4.69, 9.17) is 4.74 Å². The fourth-order valence-corrected chi connectivity index (χ4v) is 1.71. The van der Waals surface area contributed by atoms with Gasteiger partial charge in [-0.3, -0.25) is 4.99 Å². The van der Waals surface area contributed by atoms with Crippen LogP contribution in [-0.4, -0.2) is 38.8 Å². The summed E-state index contributed by atoms with van der Waals surface area (Å²) in [6.07, 6.45) is 8.92. The first-order valence-corrected chi connectivity index (χ1v) is 6.56. The summed E-state index contributed by atoms with van der Waals surface area (Å²) in [7, 11) is 1.80. The highest BCUT2D eigenvalue weighted by atomic mass is 16.5. The highest BCUT2D eigenvalue weighted by Gasteiger charge is 2.10. The van der Waals surface area contributed by atoms with E-state index < -0.39 is 0 Å². The Morgan fingerprint density at radius 3 is 2.76 bits per heavy atom. The summed E-state index contributed by atoms with van der Waals surface area (Å²) in [6, 6.07) is 0.502. The lowest BCUT2D eigenvalue weighted by Gasteiger charge is -2.16. The van der Waals surface area contributed by atoms with E-state index in [0.717, 1.165) is 45.0 Å². The minimum absolute atomic E-state index is 0.502. The number of guanidine groups is 1. The Morgan fingerprint density at radius 1 is 1.35 bits per heavy atom. The van der Waals surface area contributed by atoms with Gasteiger partial charge in [0.25, 0.3) is 0 Å². The van der Waals surface area contributed by atoms with Gasteiger partial charge in [-0.25, -0.2) is 0 Å². The lowest BCUT2D eigenvalue weighted by atomic mass is 10.2. The number of nitrogens with zero attached hydrogens (tertiary/aromatic N) is 1. The molecule has 0 radical (unpaired) electrons. The topological polar surface area (TPSA) is 45.6 Å². The van der Waals surface area contributed by atoms with Crippen molar-refractivity contribution in [3.05, 3.63) is 12.2 Å². The monoisotopic (exact) mass is 239 g/mol. The van der Waals surface area contributed by atoms with Crippen molar-refractivity contribution < 1.29 is 4.74 Å². The molecule has 0 heterocycles. The van der Waals surface area contributed by atoms with Crippen molar-refractivity contribution in [1.82, 2.24) is 10.6 Å². The largest absolute Gasteiger partial charge is 0.380 e. The molecule has 0 spiro atoms. The molecule has 0 saturated carbocycles. The summed E-state index contributed by atoms with van der Waals surface area (Å²) in [4.78, 5) is 4.20. The molecule has 0 saturated heterocycles. The van der Waals surface area contributed by atoms with Crippen LogP contribution in [0.15, 0.2) is 17.1 Å². The molecule has 1 aliphatic carbocycles. The van der Waals surface area contributed by atoms with Crippen LogP contribution in [-0.2, 0) is 4.74 Å². The quantitative estimate of drug-likeness (QED) is 0.307. The molecule has 0 aromatic carbocycles. The second-order valence-electron chi connectivity index (χ2n) is 4.25. The number of nitrogens with one attached hydrogen (secondary N) is 2. The van der Waals surface area contributed by atoms with Gasteiger partial charge >= 0.3 is 0 Å². The van der Waals surface area contributed by atoms with E-state index in [9.17, 15) is 0 Å². The molecule has 0 aromatic rings. The SMILES string of the molecule is CCCCOCCNC(=NC)NC1CC=CC1. The van der Waals surface area contributed by atoms with Crippen LogP contribution in [0.25, 0.3) is 0 Å². The Balaban J connectivity index is 2.02. The molecule has 0 bridgehead atoms. The van der Waals surface area contributed by atoms with Crippen LogP contribution < -0.4 is 10.6 Å². The van der Waals surface area contributed by atoms with E-state index in [-0.39, 0.29) is 0 Å². The summed E-state index contributed by atoms with van der Waals surface area (Å²) >= 11 is 0. The van der Waals surface area contributed by atoms with Gasteiger partial charge < -0.3 is 15.4 Å². The molecule has 0 fully saturated rings. The normalized spacial score (nSPS) is 16.5. The van der Waals surface area contributed by atoms with Crippen molar-refractivity contribution >= 4 is 5.96 Å². The van der Waals surface area contributed by atoms with Crippen LogP contribution in [0.2, 0.25) is 0 Å². The average molecular weight is 239 g/mol. The summed E-state index contributed by atoms with van der Waals surface area (Å²) < 4.78 is 5.48. The minimum Gasteiger partial charge on any atom is -0.380 e. The molecule has 2 N–H and O–H groups in total. The third kappa shape index (κ3) is 6.31. The van der Waals surface area contributed by atoms with Crippen LogP contribution in [0.3, 0.4) is 0 Å². The molecular weight excluding hydrogens is 214 g/mol. The summed E-state index contributed by atoms with van der Waals surface area (Å²) in [5.41, 5.74) is 0. The Labute approximate surface area is 105 Å². The van der Waals surface area contributed by atoms with Gasteiger partial charge in [-0.1, -0.05) is 25.5 Å². The van der Waals surface area contributed by atoms with Crippen LogP contribution >= 0.6 is 0 Å². The summed E-state index contributed by atoms with van der Waals surface area (Å²) in [6.45, 7) is 4.58. The van der Waals surface area contributed by atoms with Crippen LogP contribution in [0.5, 0.6) is 0 Å². The second-order valence-corrected chi connectivity index (χ2v) is 4.25. The number of aliphatic imine (C=N–C) groups is 1. The van der Waals surface area contributed by atoms with E-state index >= 15 is 0 Å². The molecule has 0 amide bonds. The predicted octanol–water partition coefficient (Wildman–Crippen LogP) is 1.69. The minimum atomic E-state index is 0.502. The van der Waals surface area contributed by atoms with Gasteiger partial charge in [0.2, 0.25) is 0 Å². The van der Waals surface area contributed by atoms with Crippen LogP contribution in [0.1, 0.15) is 32.6 Å². The summed E-state index contributed by atoms with van der Waals surface area (Å²) in [5, 5.41) is 6.65. The molecule has 1 aliphatic rings. The Hall–Kier alpha value is -1.03. The molecule has 0 aliphatic heterocycles. The maximum atomic E-state index is 5.48. The fraction of sp³-hybridized carbons (Fsp3) is 0.769. The maximum absolute atomic E-state index is 5.48. The van der Waals surface area contributed by atoms with Gasteiger partial charge in [0.1, 0.15) is 0 Å². The first-order chi connectivity index (χ1) is 8.36. The number of unbranched alkanes of at least 4 members (excludes halogenated alkanes) is 1. The molecule has 1 rings (SSSR count). The third-order valence-corrected chi connectivity index (χ3v) is 2.75. The fourth-order valence-electron chi connectivity index (χ4n) is 1.71. The van der Waals surface area contributed by atoms with Crippen molar-refractivity contribution in [2.75, 3.05) is 26.8 Å². The zero-order chi connectivity index (χ0) is 12.3. The lowest BCUT2D eigenvalue weighted by Crippen LogP contribution is -2.43. The van der Waals surface area contributed by atoms with Gasteiger partial charge in [0, 0.05) is 26.2 Å². The van der Waals surface area contributed by atoms with Crippen LogP contribution in [0, 0.1) is 0 Å². The number of ether oxygens (including phenoxy) is 1. The Kier molecular flexibility index (Phi) is 7.47. The Bertz CT molecular complexity index is 243. The molecule has 0 atom stereocenters. The molecule has 0 aromatic heterocycles. The van der Waals surface area contributed by atoms with Gasteiger partial charge in [-0.05, 0) is 19.3 Å². The summed E-state index contributed by atoms with van der Waals surface area (Å²) in [5.74, 6) is 0.873. The standard InChI is InChI=1S/C13H25N3O/c1-3-4-10-17-11-9-15-13(14-2)16-12-7-5-6-8-12/h5-6,12H,3-4,7-11H2,1-2H3,(H2,14,15,16). The van der Waals surface area contributed by atoms with E-state index in [1.54, 1.807) is 7.05 Å². The molecule has 98 valence electrons. The van der Waals surface area contributed by atoms with Gasteiger partial charge in [-0.2, -0.15) is 0 Å². The smallest absolute Gasteiger partial charge is 0.191 e. The third-order valence-electron chi connectivity index (χ3n) is 2.75. The molecule has 0 unspecified atom stereocenters. The Morgan fingerprint density at radius 2 is 2.12 bits per heavy atom. The zero-order valence-electron chi connectivity index (χ0n) is 11.0. The second kappa shape index (κ2) is 9.05.